The van der Waals surface area contributed by atoms with Gasteiger partial charge in [-0.05, 0) is 57.8 Å². The van der Waals surface area contributed by atoms with Gasteiger partial charge in [-0.25, -0.2) is 4.57 Å². The molecule has 0 saturated carbocycles. The molecule has 2 unspecified atom stereocenters. The van der Waals surface area contributed by atoms with E-state index in [-0.39, 0.29) is 32.0 Å². The van der Waals surface area contributed by atoms with Crippen molar-refractivity contribution in [1.82, 2.24) is 0 Å². The summed E-state index contributed by atoms with van der Waals surface area (Å²) in [4.78, 5) is 35.5. The van der Waals surface area contributed by atoms with E-state index >= 15 is 0 Å². The van der Waals surface area contributed by atoms with Gasteiger partial charge in [0.25, 0.3) is 0 Å². The highest BCUT2D eigenvalue weighted by atomic mass is 31.2. The molecule has 366 valence electrons. The summed E-state index contributed by atoms with van der Waals surface area (Å²) in [5.74, 6) is -0.831. The zero-order chi connectivity index (χ0) is 46.4. The fourth-order valence-corrected chi connectivity index (χ4v) is 7.61. The van der Waals surface area contributed by atoms with Gasteiger partial charge < -0.3 is 18.9 Å². The van der Waals surface area contributed by atoms with Crippen molar-refractivity contribution in [3.8, 4) is 0 Å². The van der Waals surface area contributed by atoms with Crippen molar-refractivity contribution in [3.63, 3.8) is 0 Å². The van der Waals surface area contributed by atoms with E-state index in [1.165, 1.54) is 109 Å². The zero-order valence-corrected chi connectivity index (χ0v) is 42.2. The SMILES string of the molecule is CC/C=C\C/C=C\C/C=C\C/C=C\C/C=C\CCCCCC(=O)OC(COC(=O)CCCCCCCCCCCCCCCCCCCCCC)COP(=O)(O)OCC[N+](C)(C)C. The van der Waals surface area contributed by atoms with E-state index in [1.54, 1.807) is 0 Å². The Hall–Kier alpha value is -2.29. The van der Waals surface area contributed by atoms with Gasteiger partial charge in [-0.2, -0.15) is 0 Å². The Morgan fingerprint density at radius 3 is 1.35 bits per heavy atom. The highest BCUT2D eigenvalue weighted by Crippen LogP contribution is 2.43. The Morgan fingerprint density at radius 2 is 0.905 bits per heavy atom. The van der Waals surface area contributed by atoms with Gasteiger partial charge in [-0.3, -0.25) is 18.6 Å². The molecule has 0 saturated heterocycles. The molecule has 0 spiro atoms. The summed E-state index contributed by atoms with van der Waals surface area (Å²) in [6, 6.07) is 0. The molecule has 0 aliphatic rings. The van der Waals surface area contributed by atoms with E-state index in [2.05, 4.69) is 74.6 Å². The summed E-state index contributed by atoms with van der Waals surface area (Å²) >= 11 is 0. The van der Waals surface area contributed by atoms with Crippen molar-refractivity contribution < 1.29 is 42.1 Å². The van der Waals surface area contributed by atoms with Crippen LogP contribution >= 0.6 is 7.82 Å². The molecule has 0 rings (SSSR count). The molecule has 0 aromatic rings. The van der Waals surface area contributed by atoms with Crippen molar-refractivity contribution >= 4 is 19.8 Å². The van der Waals surface area contributed by atoms with Gasteiger partial charge in [0, 0.05) is 12.8 Å². The van der Waals surface area contributed by atoms with Crippen LogP contribution in [0.2, 0.25) is 0 Å². The molecule has 0 aromatic heterocycles. The third kappa shape index (κ3) is 49.0. The molecule has 0 radical (unpaired) electrons. The van der Waals surface area contributed by atoms with Crippen LogP contribution in [-0.4, -0.2) is 74.9 Å². The Kier molecular flexibility index (Phi) is 43.3. The standard InChI is InChI=1S/C53H96NO8P/c1-6-8-10-12-14-16-18-20-22-24-26-28-29-31-33-35-37-39-41-43-45-52(55)59-49-51(50-61-63(57,58)60-48-47-54(3,4)5)62-53(56)46-44-42-40-38-36-34-32-30-27-25-23-21-19-17-15-13-11-9-7-2/h9,11,15,17,21,23,27,30,34,36,51H,6-8,10,12-14,16,18-20,22,24-26,28-29,31-33,35,37-50H2,1-5H3/p+1/b11-9-,17-15-,23-21-,30-27-,36-34-. The van der Waals surface area contributed by atoms with Crippen LogP contribution in [-0.2, 0) is 32.7 Å². The second-order valence-corrected chi connectivity index (χ2v) is 19.6. The third-order valence-electron chi connectivity index (χ3n) is 10.8. The molecule has 2 atom stereocenters. The molecular formula is C53H97NO8P+. The number of phosphoric ester groups is 1. The van der Waals surface area contributed by atoms with Gasteiger partial charge in [0.05, 0.1) is 27.7 Å². The average Bonchev–Trinajstić information content (AvgIpc) is 3.24. The van der Waals surface area contributed by atoms with Crippen LogP contribution < -0.4 is 0 Å². The fourth-order valence-electron chi connectivity index (χ4n) is 6.87. The largest absolute Gasteiger partial charge is 0.472 e. The minimum absolute atomic E-state index is 0.0236. The maximum Gasteiger partial charge on any atom is 0.472 e. The van der Waals surface area contributed by atoms with E-state index in [0.717, 1.165) is 70.6 Å². The van der Waals surface area contributed by atoms with Crippen molar-refractivity contribution in [2.24, 2.45) is 0 Å². The molecular weight excluding hydrogens is 810 g/mol. The Labute approximate surface area is 387 Å². The molecule has 63 heavy (non-hydrogen) atoms. The average molecular weight is 907 g/mol. The predicted molar refractivity (Wildman–Crippen MR) is 266 cm³/mol. The lowest BCUT2D eigenvalue weighted by molar-refractivity contribution is -0.870. The third-order valence-corrected chi connectivity index (χ3v) is 11.8. The van der Waals surface area contributed by atoms with Crippen LogP contribution in [0.1, 0.15) is 213 Å². The van der Waals surface area contributed by atoms with Crippen LogP contribution in [0, 0.1) is 0 Å². The number of hydrogen-bond donors (Lipinski definition) is 1. The number of unbranched alkanes of at least 4 members (excludes halogenated alkanes) is 22. The predicted octanol–water partition coefficient (Wildman–Crippen LogP) is 15.2. The number of rotatable bonds is 46. The quantitative estimate of drug-likeness (QED) is 0.0212. The van der Waals surface area contributed by atoms with Crippen molar-refractivity contribution in [1.29, 1.82) is 0 Å². The summed E-state index contributed by atoms with van der Waals surface area (Å²) in [5.41, 5.74) is 0. The number of likely N-dealkylation sites (N-methyl/N-ethyl adjacent to an activating group) is 1. The number of carbonyl (C=O) groups is 2. The lowest BCUT2D eigenvalue weighted by Gasteiger charge is -2.24. The van der Waals surface area contributed by atoms with Crippen LogP contribution in [0.15, 0.2) is 60.8 Å². The van der Waals surface area contributed by atoms with E-state index in [1.807, 2.05) is 21.1 Å². The van der Waals surface area contributed by atoms with Crippen LogP contribution in [0.25, 0.3) is 0 Å². The Balaban J connectivity index is 4.30. The summed E-state index contributed by atoms with van der Waals surface area (Å²) in [5, 5.41) is 0. The number of allylic oxidation sites excluding steroid dienone is 10. The molecule has 0 amide bonds. The summed E-state index contributed by atoms with van der Waals surface area (Å²) in [6.07, 6.45) is 55.6. The molecule has 0 fully saturated rings. The first kappa shape index (κ1) is 60.7. The normalized spacial score (nSPS) is 13.9. The van der Waals surface area contributed by atoms with Gasteiger partial charge in [-0.15, -0.1) is 0 Å². The molecule has 0 aliphatic heterocycles. The second-order valence-electron chi connectivity index (χ2n) is 18.2. The van der Waals surface area contributed by atoms with Crippen molar-refractivity contribution in [2.45, 2.75) is 219 Å². The lowest BCUT2D eigenvalue weighted by atomic mass is 10.0. The fraction of sp³-hybridized carbons (Fsp3) is 0.774. The first-order chi connectivity index (χ1) is 30.5. The second kappa shape index (κ2) is 44.9. The monoisotopic (exact) mass is 907 g/mol. The van der Waals surface area contributed by atoms with E-state index < -0.39 is 26.5 Å². The van der Waals surface area contributed by atoms with Crippen LogP contribution in [0.5, 0.6) is 0 Å². The Bertz CT molecular complexity index is 1250. The summed E-state index contributed by atoms with van der Waals surface area (Å²) in [7, 11) is 1.45. The van der Waals surface area contributed by atoms with E-state index in [0.29, 0.717) is 17.4 Å². The van der Waals surface area contributed by atoms with Gasteiger partial charge in [0.2, 0.25) is 0 Å². The maximum atomic E-state index is 12.7. The van der Waals surface area contributed by atoms with E-state index in [4.69, 9.17) is 18.5 Å². The highest BCUT2D eigenvalue weighted by Gasteiger charge is 2.27. The van der Waals surface area contributed by atoms with E-state index in [9.17, 15) is 19.0 Å². The summed E-state index contributed by atoms with van der Waals surface area (Å²) in [6.45, 7) is 4.29. The van der Waals surface area contributed by atoms with Crippen LogP contribution in [0.3, 0.4) is 0 Å². The van der Waals surface area contributed by atoms with Gasteiger partial charge >= 0.3 is 19.8 Å². The molecule has 0 aromatic carbocycles. The number of esters is 2. The topological polar surface area (TPSA) is 108 Å². The minimum Gasteiger partial charge on any atom is -0.462 e. The van der Waals surface area contributed by atoms with Crippen molar-refractivity contribution in [2.75, 3.05) is 47.5 Å². The number of quaternary nitrogens is 1. The molecule has 0 bridgehead atoms. The van der Waals surface area contributed by atoms with Crippen LogP contribution in [0.4, 0.5) is 0 Å². The molecule has 1 N–H and O–H groups in total. The Morgan fingerprint density at radius 1 is 0.508 bits per heavy atom. The first-order valence-electron chi connectivity index (χ1n) is 25.5. The molecule has 9 nitrogen and oxygen atoms in total. The number of carbonyl (C=O) groups excluding carboxylic acids is 2. The molecule has 0 heterocycles. The number of hydrogen-bond acceptors (Lipinski definition) is 7. The number of phosphoric acid groups is 1. The van der Waals surface area contributed by atoms with Crippen molar-refractivity contribution in [3.05, 3.63) is 60.8 Å². The highest BCUT2D eigenvalue weighted by molar-refractivity contribution is 7.47. The minimum atomic E-state index is -4.39. The molecule has 10 heteroatoms. The van der Waals surface area contributed by atoms with Gasteiger partial charge in [-0.1, -0.05) is 203 Å². The number of ether oxygens (including phenoxy) is 2. The lowest BCUT2D eigenvalue weighted by Crippen LogP contribution is -2.37. The van der Waals surface area contributed by atoms with Gasteiger partial charge in [0.15, 0.2) is 6.10 Å². The molecule has 0 aliphatic carbocycles. The first-order valence-corrected chi connectivity index (χ1v) is 27.0. The summed E-state index contributed by atoms with van der Waals surface area (Å²) < 4.78 is 34.4. The maximum absolute atomic E-state index is 12.7. The van der Waals surface area contributed by atoms with Gasteiger partial charge in [0.1, 0.15) is 19.8 Å². The smallest absolute Gasteiger partial charge is 0.462 e. The zero-order valence-electron chi connectivity index (χ0n) is 41.3. The number of nitrogens with zero attached hydrogens (tertiary/aromatic N) is 1.